The Bertz CT molecular complexity index is 1090. The van der Waals surface area contributed by atoms with Crippen molar-refractivity contribution in [2.75, 3.05) is 38.9 Å². The van der Waals surface area contributed by atoms with Crippen LogP contribution in [0.15, 0.2) is 59.0 Å². The molecule has 0 aliphatic rings. The highest BCUT2D eigenvalue weighted by atomic mass is 16.5. The zero-order valence-electron chi connectivity index (χ0n) is 18.6. The van der Waals surface area contributed by atoms with E-state index in [-0.39, 0.29) is 24.0 Å². The van der Waals surface area contributed by atoms with E-state index in [4.69, 9.17) is 13.9 Å². The maximum Gasteiger partial charge on any atom is 0.291 e. The number of hydrogen-bond acceptors (Lipinski definition) is 6. The summed E-state index contributed by atoms with van der Waals surface area (Å²) >= 11 is 0. The molecule has 0 saturated heterocycles. The van der Waals surface area contributed by atoms with Crippen molar-refractivity contribution in [2.24, 2.45) is 0 Å². The number of ether oxygens (including phenoxy) is 2. The summed E-state index contributed by atoms with van der Waals surface area (Å²) in [6, 6.07) is 15.7. The van der Waals surface area contributed by atoms with Crippen LogP contribution >= 0.6 is 0 Å². The first-order chi connectivity index (χ1) is 15.4. The lowest BCUT2D eigenvalue weighted by atomic mass is 10.1. The Morgan fingerprint density at radius 3 is 2.38 bits per heavy atom. The van der Waals surface area contributed by atoms with Crippen LogP contribution in [0, 0.1) is 0 Å². The zero-order valence-corrected chi connectivity index (χ0v) is 18.6. The molecule has 0 bridgehead atoms. The summed E-state index contributed by atoms with van der Waals surface area (Å²) in [7, 11) is 6.94. The number of carbonyl (C=O) groups is 2. The molecule has 3 aromatic rings. The number of nitrogens with zero attached hydrogens (tertiary/aromatic N) is 1. The van der Waals surface area contributed by atoms with E-state index in [1.165, 1.54) is 7.11 Å². The summed E-state index contributed by atoms with van der Waals surface area (Å²) in [5.74, 6) is 1.52. The van der Waals surface area contributed by atoms with Gasteiger partial charge in [-0.15, -0.1) is 0 Å². The fourth-order valence-corrected chi connectivity index (χ4v) is 3.15. The van der Waals surface area contributed by atoms with Crippen molar-refractivity contribution in [2.45, 2.75) is 13.0 Å². The average Bonchev–Trinajstić information content (AvgIpc) is 3.21. The molecule has 3 rings (SSSR count). The van der Waals surface area contributed by atoms with Gasteiger partial charge in [-0.1, -0.05) is 12.1 Å². The number of benzene rings is 2. The molecule has 168 valence electrons. The van der Waals surface area contributed by atoms with Gasteiger partial charge in [-0.3, -0.25) is 9.59 Å². The summed E-state index contributed by atoms with van der Waals surface area (Å²) in [5, 5.41) is 5.65. The van der Waals surface area contributed by atoms with Crippen molar-refractivity contribution in [3.8, 4) is 11.5 Å². The highest BCUT2D eigenvalue weighted by Crippen LogP contribution is 2.29. The molecule has 8 heteroatoms. The maximum absolute atomic E-state index is 12.5. The summed E-state index contributed by atoms with van der Waals surface area (Å²) in [6.07, 6.45) is 0.145. The predicted octanol–water partition coefficient (Wildman–Crippen LogP) is 3.79. The minimum atomic E-state index is -0.345. The average molecular weight is 437 g/mol. The van der Waals surface area contributed by atoms with Crippen LogP contribution in [-0.2, 0) is 17.8 Å². The normalized spacial score (nSPS) is 10.7. The first kappa shape index (κ1) is 22.9. The molecule has 0 saturated carbocycles. The molecule has 0 aliphatic heterocycles. The van der Waals surface area contributed by atoms with E-state index in [2.05, 4.69) is 10.6 Å². The van der Waals surface area contributed by atoms with Gasteiger partial charge in [0.2, 0.25) is 5.91 Å². The Labute approximate surface area is 187 Å². The number of rotatable bonds is 9. The predicted molar refractivity (Wildman–Crippen MR) is 122 cm³/mol. The molecule has 32 heavy (non-hydrogen) atoms. The lowest BCUT2D eigenvalue weighted by Crippen LogP contribution is -2.15. The topological polar surface area (TPSA) is 93.0 Å². The number of furan rings is 1. The maximum atomic E-state index is 12.5. The van der Waals surface area contributed by atoms with Crippen molar-refractivity contribution in [1.29, 1.82) is 0 Å². The number of carbonyl (C=O) groups excluding carboxylic acids is 2. The Morgan fingerprint density at radius 1 is 0.906 bits per heavy atom. The van der Waals surface area contributed by atoms with Gasteiger partial charge in [0.1, 0.15) is 5.76 Å². The van der Waals surface area contributed by atoms with Gasteiger partial charge in [-0.05, 0) is 56.1 Å². The molecular weight excluding hydrogens is 410 g/mol. The highest BCUT2D eigenvalue weighted by molar-refractivity contribution is 6.02. The van der Waals surface area contributed by atoms with E-state index < -0.39 is 0 Å². The zero-order chi connectivity index (χ0) is 23.1. The van der Waals surface area contributed by atoms with Gasteiger partial charge in [-0.2, -0.15) is 0 Å². The first-order valence-corrected chi connectivity index (χ1v) is 10.0. The van der Waals surface area contributed by atoms with Crippen molar-refractivity contribution in [1.82, 2.24) is 4.90 Å². The van der Waals surface area contributed by atoms with Crippen molar-refractivity contribution >= 4 is 23.2 Å². The fourth-order valence-electron chi connectivity index (χ4n) is 3.15. The molecule has 2 amide bonds. The van der Waals surface area contributed by atoms with Gasteiger partial charge in [0.15, 0.2) is 17.3 Å². The molecular formula is C24H27N3O5. The number of anilines is 2. The largest absolute Gasteiger partial charge is 0.493 e. The Hall–Kier alpha value is -3.78. The number of methoxy groups -OCH3 is 2. The number of amides is 2. The lowest BCUT2D eigenvalue weighted by molar-refractivity contribution is -0.115. The van der Waals surface area contributed by atoms with Crippen LogP contribution in [-0.4, -0.2) is 45.0 Å². The van der Waals surface area contributed by atoms with Crippen molar-refractivity contribution in [3.63, 3.8) is 0 Å². The van der Waals surface area contributed by atoms with Crippen molar-refractivity contribution in [3.05, 3.63) is 71.7 Å². The molecule has 1 aromatic heterocycles. The molecule has 0 atom stereocenters. The summed E-state index contributed by atoms with van der Waals surface area (Å²) in [4.78, 5) is 26.9. The number of nitrogens with one attached hydrogen (secondary N) is 2. The Morgan fingerprint density at radius 2 is 1.66 bits per heavy atom. The van der Waals surface area contributed by atoms with E-state index in [0.29, 0.717) is 35.2 Å². The van der Waals surface area contributed by atoms with Crippen LogP contribution in [0.3, 0.4) is 0 Å². The van der Waals surface area contributed by atoms with E-state index in [1.807, 2.05) is 25.1 Å². The SMILES string of the molecule is COc1ccc(NC(=O)Cc2cccc(NC(=O)c3ccc(CN(C)C)o3)c2)cc1OC. The summed E-state index contributed by atoms with van der Waals surface area (Å²) in [6.45, 7) is 0.609. The summed E-state index contributed by atoms with van der Waals surface area (Å²) < 4.78 is 16.1. The molecule has 0 unspecified atom stereocenters. The monoisotopic (exact) mass is 437 g/mol. The van der Waals surface area contributed by atoms with E-state index in [9.17, 15) is 9.59 Å². The van der Waals surface area contributed by atoms with Crippen LogP contribution in [0.4, 0.5) is 11.4 Å². The Kier molecular flexibility index (Phi) is 7.51. The molecule has 0 aliphatic carbocycles. The third-order valence-corrected chi connectivity index (χ3v) is 4.57. The quantitative estimate of drug-likeness (QED) is 0.529. The lowest BCUT2D eigenvalue weighted by Gasteiger charge is -2.11. The fraction of sp³-hybridized carbons (Fsp3) is 0.250. The van der Waals surface area contributed by atoms with Crippen molar-refractivity contribution < 1.29 is 23.5 Å². The number of hydrogen-bond donors (Lipinski definition) is 2. The van der Waals surface area contributed by atoms with Crippen LogP contribution in [0.2, 0.25) is 0 Å². The van der Waals surface area contributed by atoms with Gasteiger partial charge in [0.25, 0.3) is 5.91 Å². The molecule has 2 N–H and O–H groups in total. The second-order valence-electron chi connectivity index (χ2n) is 7.45. The molecule has 0 spiro atoms. The van der Waals surface area contributed by atoms with Gasteiger partial charge in [0, 0.05) is 17.4 Å². The van der Waals surface area contributed by atoms with Gasteiger partial charge >= 0.3 is 0 Å². The summed E-state index contributed by atoms with van der Waals surface area (Å²) in [5.41, 5.74) is 1.94. The van der Waals surface area contributed by atoms with Crippen LogP contribution in [0.25, 0.3) is 0 Å². The molecule has 1 heterocycles. The Balaban J connectivity index is 1.61. The minimum absolute atomic E-state index is 0.145. The molecule has 8 nitrogen and oxygen atoms in total. The molecule has 0 fully saturated rings. The second-order valence-corrected chi connectivity index (χ2v) is 7.45. The van der Waals surface area contributed by atoms with E-state index >= 15 is 0 Å². The van der Waals surface area contributed by atoms with Crippen LogP contribution in [0.1, 0.15) is 21.9 Å². The third-order valence-electron chi connectivity index (χ3n) is 4.57. The van der Waals surface area contributed by atoms with Crippen LogP contribution < -0.4 is 20.1 Å². The van der Waals surface area contributed by atoms with E-state index in [0.717, 1.165) is 5.56 Å². The standard InChI is InChI=1S/C24H27N3O5/c1-27(2)15-19-9-11-21(32-19)24(29)26-17-7-5-6-16(12-17)13-23(28)25-18-8-10-20(30-3)22(14-18)31-4/h5-12,14H,13,15H2,1-4H3,(H,25,28)(H,26,29). The van der Waals surface area contributed by atoms with Gasteiger partial charge in [-0.25, -0.2) is 0 Å². The second kappa shape index (κ2) is 10.5. The smallest absolute Gasteiger partial charge is 0.291 e. The minimum Gasteiger partial charge on any atom is -0.493 e. The first-order valence-electron chi connectivity index (χ1n) is 10.0. The highest BCUT2D eigenvalue weighted by Gasteiger charge is 2.13. The van der Waals surface area contributed by atoms with Gasteiger partial charge in [0.05, 0.1) is 27.2 Å². The van der Waals surface area contributed by atoms with Gasteiger partial charge < -0.3 is 29.4 Å². The van der Waals surface area contributed by atoms with E-state index in [1.54, 1.807) is 55.6 Å². The molecule has 0 radical (unpaired) electrons. The third kappa shape index (κ3) is 6.12. The molecule has 2 aromatic carbocycles. The van der Waals surface area contributed by atoms with Crippen LogP contribution in [0.5, 0.6) is 11.5 Å².